The fraction of sp³-hybridized carbons (Fsp3) is 0.500. The van der Waals surface area contributed by atoms with E-state index in [1.165, 1.54) is 45.1 Å². The number of primary amides is 1. The molecule has 0 saturated carbocycles. The number of ether oxygens (including phenoxy) is 1. The molecule has 0 spiro atoms. The summed E-state index contributed by atoms with van der Waals surface area (Å²) in [5, 5.41) is 13.0. The Balaban J connectivity index is 3.12. The van der Waals surface area contributed by atoms with Crippen LogP contribution >= 0.6 is 11.8 Å². The van der Waals surface area contributed by atoms with Gasteiger partial charge in [-0.3, -0.25) is 4.79 Å². The normalized spacial score (nSPS) is 11.7. The van der Waals surface area contributed by atoms with Crippen molar-refractivity contribution in [1.82, 2.24) is 5.32 Å². The third-order valence-electron chi connectivity index (χ3n) is 4.91. The Morgan fingerprint density at radius 2 is 1.65 bits per heavy atom. The molecular weight excluding hydrogens is 346 g/mol. The highest BCUT2D eigenvalue weighted by Crippen LogP contribution is 2.31. The molecule has 0 radical (unpaired) electrons. The van der Waals surface area contributed by atoms with Gasteiger partial charge in [-0.2, -0.15) is 5.26 Å². The highest BCUT2D eigenvalue weighted by molar-refractivity contribution is 8.02. The second-order valence-corrected chi connectivity index (χ2v) is 7.33. The number of carbonyl (C=O) groups excluding carboxylic acids is 1. The summed E-state index contributed by atoms with van der Waals surface area (Å²) >= 11 is 1.45. The Kier molecular flexibility index (Phi) is 8.70. The van der Waals surface area contributed by atoms with Crippen molar-refractivity contribution in [2.24, 2.45) is 5.73 Å². The predicted octanol–water partition coefficient (Wildman–Crippen LogP) is 3.31. The number of rotatable bonds is 9. The van der Waals surface area contributed by atoms with E-state index >= 15 is 0 Å². The summed E-state index contributed by atoms with van der Waals surface area (Å²) in [7, 11) is 1.64. The van der Waals surface area contributed by atoms with Gasteiger partial charge >= 0.3 is 0 Å². The number of amides is 1. The van der Waals surface area contributed by atoms with Gasteiger partial charge in [0.25, 0.3) is 5.91 Å². The van der Waals surface area contributed by atoms with E-state index in [0.717, 1.165) is 6.42 Å². The van der Waals surface area contributed by atoms with E-state index in [2.05, 4.69) is 39.9 Å². The zero-order valence-corrected chi connectivity index (χ0v) is 17.4. The van der Waals surface area contributed by atoms with Gasteiger partial charge in [-0.05, 0) is 74.4 Å². The average Bonchev–Trinajstić information content (AvgIpc) is 2.61. The first-order chi connectivity index (χ1) is 12.3. The Morgan fingerprint density at radius 3 is 2.12 bits per heavy atom. The van der Waals surface area contributed by atoms with Crippen LogP contribution in [-0.4, -0.2) is 26.2 Å². The van der Waals surface area contributed by atoms with Crippen LogP contribution in [-0.2, 0) is 15.3 Å². The SMILES string of the molecule is COCCCN/C(SCc1c(C)c(C)c(C)c(C)c1C)=C(\C#N)C(N)=O. The molecule has 3 N–H and O–H groups in total. The van der Waals surface area contributed by atoms with E-state index in [9.17, 15) is 10.1 Å². The minimum absolute atomic E-state index is 0.0247. The molecule has 0 heterocycles. The predicted molar refractivity (Wildman–Crippen MR) is 108 cm³/mol. The second kappa shape index (κ2) is 10.2. The fourth-order valence-electron chi connectivity index (χ4n) is 2.79. The number of benzene rings is 1. The molecule has 5 nitrogen and oxygen atoms in total. The molecule has 1 aromatic carbocycles. The Hall–Kier alpha value is -1.97. The van der Waals surface area contributed by atoms with E-state index in [-0.39, 0.29) is 5.57 Å². The van der Waals surface area contributed by atoms with Gasteiger partial charge in [-0.15, -0.1) is 11.8 Å². The monoisotopic (exact) mass is 375 g/mol. The number of nitrogens with two attached hydrogens (primary N) is 1. The second-order valence-electron chi connectivity index (χ2n) is 6.35. The summed E-state index contributed by atoms with van der Waals surface area (Å²) in [4.78, 5) is 11.6. The van der Waals surface area contributed by atoms with Gasteiger partial charge in [0.15, 0.2) is 0 Å². The summed E-state index contributed by atoms with van der Waals surface area (Å²) in [5.41, 5.74) is 13.0. The Bertz CT molecular complexity index is 719. The van der Waals surface area contributed by atoms with Crippen molar-refractivity contribution < 1.29 is 9.53 Å². The van der Waals surface area contributed by atoms with Crippen LogP contribution in [0.4, 0.5) is 0 Å². The first kappa shape index (κ1) is 22.1. The van der Waals surface area contributed by atoms with Crippen molar-refractivity contribution in [3.8, 4) is 6.07 Å². The average molecular weight is 376 g/mol. The van der Waals surface area contributed by atoms with Gasteiger partial charge in [-0.1, -0.05) is 0 Å². The van der Waals surface area contributed by atoms with Gasteiger partial charge in [0, 0.05) is 26.0 Å². The number of thioether (sulfide) groups is 1. The molecule has 0 atom stereocenters. The third-order valence-corrected chi connectivity index (χ3v) is 5.98. The summed E-state index contributed by atoms with van der Waals surface area (Å²) in [5.74, 6) is -0.0380. The van der Waals surface area contributed by atoms with Crippen molar-refractivity contribution in [1.29, 1.82) is 5.26 Å². The number of nitriles is 1. The van der Waals surface area contributed by atoms with Crippen LogP contribution in [0.15, 0.2) is 10.6 Å². The van der Waals surface area contributed by atoms with E-state index in [1.807, 2.05) is 6.07 Å². The number of hydrogen-bond acceptors (Lipinski definition) is 5. The molecule has 0 aliphatic heterocycles. The maximum Gasteiger partial charge on any atom is 0.262 e. The molecule has 0 aliphatic carbocycles. The Morgan fingerprint density at radius 1 is 1.12 bits per heavy atom. The van der Waals surface area contributed by atoms with Crippen molar-refractivity contribution in [3.05, 3.63) is 44.0 Å². The summed E-state index contributed by atoms with van der Waals surface area (Å²) in [6.07, 6.45) is 0.777. The Labute approximate surface area is 161 Å². The smallest absolute Gasteiger partial charge is 0.262 e. The lowest BCUT2D eigenvalue weighted by atomic mass is 9.90. The minimum Gasteiger partial charge on any atom is -0.385 e. The highest BCUT2D eigenvalue weighted by atomic mass is 32.2. The van der Waals surface area contributed by atoms with Crippen LogP contribution in [0.1, 0.15) is 39.8 Å². The molecule has 26 heavy (non-hydrogen) atoms. The molecule has 142 valence electrons. The number of hydrogen-bond donors (Lipinski definition) is 2. The maximum atomic E-state index is 11.6. The number of nitrogens with zero attached hydrogens (tertiary/aromatic N) is 1. The van der Waals surface area contributed by atoms with Crippen molar-refractivity contribution >= 4 is 17.7 Å². The molecule has 1 aromatic rings. The first-order valence-corrected chi connectivity index (χ1v) is 9.60. The topological polar surface area (TPSA) is 88.1 Å². The quantitative estimate of drug-likeness (QED) is 0.393. The molecule has 0 aromatic heterocycles. The van der Waals surface area contributed by atoms with E-state index in [0.29, 0.717) is 23.9 Å². The van der Waals surface area contributed by atoms with Crippen LogP contribution in [0, 0.1) is 45.9 Å². The van der Waals surface area contributed by atoms with Crippen LogP contribution < -0.4 is 11.1 Å². The molecule has 1 rings (SSSR count). The van der Waals surface area contributed by atoms with Crippen LogP contribution in [0.5, 0.6) is 0 Å². The lowest BCUT2D eigenvalue weighted by Gasteiger charge is -2.19. The van der Waals surface area contributed by atoms with E-state index in [4.69, 9.17) is 10.5 Å². The zero-order valence-electron chi connectivity index (χ0n) is 16.6. The molecule has 6 heteroatoms. The molecule has 0 bridgehead atoms. The molecule has 0 unspecified atom stereocenters. The third kappa shape index (κ3) is 5.26. The van der Waals surface area contributed by atoms with Gasteiger partial charge in [0.1, 0.15) is 11.6 Å². The van der Waals surface area contributed by atoms with Crippen molar-refractivity contribution in [3.63, 3.8) is 0 Å². The number of carbonyl (C=O) groups is 1. The number of nitrogens with one attached hydrogen (secondary N) is 1. The highest BCUT2D eigenvalue weighted by Gasteiger charge is 2.16. The number of methoxy groups -OCH3 is 1. The lowest BCUT2D eigenvalue weighted by molar-refractivity contribution is -0.114. The van der Waals surface area contributed by atoms with Crippen LogP contribution in [0.25, 0.3) is 0 Å². The van der Waals surface area contributed by atoms with Crippen molar-refractivity contribution in [2.45, 2.75) is 46.8 Å². The van der Waals surface area contributed by atoms with Gasteiger partial charge in [-0.25, -0.2) is 0 Å². The molecule has 0 saturated heterocycles. The van der Waals surface area contributed by atoms with Gasteiger partial charge < -0.3 is 15.8 Å². The van der Waals surface area contributed by atoms with Crippen LogP contribution in [0.3, 0.4) is 0 Å². The largest absolute Gasteiger partial charge is 0.385 e. The zero-order chi connectivity index (χ0) is 19.9. The van der Waals surface area contributed by atoms with Crippen LogP contribution in [0.2, 0.25) is 0 Å². The van der Waals surface area contributed by atoms with Gasteiger partial charge in [0.05, 0.1) is 5.03 Å². The summed E-state index contributed by atoms with van der Waals surface area (Å²) in [6.45, 7) is 11.9. The minimum atomic E-state index is -0.709. The molecule has 1 amide bonds. The molecule has 0 aliphatic rings. The molecule has 0 fully saturated rings. The van der Waals surface area contributed by atoms with Crippen molar-refractivity contribution in [2.75, 3.05) is 20.3 Å². The lowest BCUT2D eigenvalue weighted by Crippen LogP contribution is -2.22. The maximum absolute atomic E-state index is 11.6. The summed E-state index contributed by atoms with van der Waals surface area (Å²) in [6, 6.07) is 1.93. The van der Waals surface area contributed by atoms with E-state index < -0.39 is 5.91 Å². The molecular formula is C20H29N3O2S. The fourth-order valence-corrected chi connectivity index (χ4v) is 4.00. The summed E-state index contributed by atoms with van der Waals surface area (Å²) < 4.78 is 5.04. The standard InChI is InChI=1S/C20H29N3O2S/c1-12-13(2)15(4)18(16(5)14(12)3)11-26-20(17(10-21)19(22)24)23-8-7-9-25-6/h23H,7-9,11H2,1-6H3,(H2,22,24)/b20-17-. The van der Waals surface area contributed by atoms with Gasteiger partial charge in [0.2, 0.25) is 0 Å². The van der Waals surface area contributed by atoms with E-state index in [1.54, 1.807) is 7.11 Å². The first-order valence-electron chi connectivity index (χ1n) is 8.61.